The highest BCUT2D eigenvalue weighted by Crippen LogP contribution is 2.38. The fourth-order valence-corrected chi connectivity index (χ4v) is 4.09. The molecule has 6 nitrogen and oxygen atoms in total. The van der Waals surface area contributed by atoms with Crippen LogP contribution < -0.4 is 4.74 Å². The van der Waals surface area contributed by atoms with Crippen molar-refractivity contribution in [2.45, 2.75) is 31.4 Å². The van der Waals surface area contributed by atoms with Gasteiger partial charge in [-0.1, -0.05) is 0 Å². The van der Waals surface area contributed by atoms with Crippen molar-refractivity contribution in [1.82, 2.24) is 19.7 Å². The van der Waals surface area contributed by atoms with Gasteiger partial charge in [0, 0.05) is 51.2 Å². The minimum atomic E-state index is -0.402. The number of nitrogens with zero attached hydrogens (tertiary/aromatic N) is 4. The van der Waals surface area contributed by atoms with Gasteiger partial charge < -0.3 is 9.47 Å². The van der Waals surface area contributed by atoms with Crippen molar-refractivity contribution in [3.63, 3.8) is 0 Å². The maximum Gasteiger partial charge on any atom is 0.250 e. The van der Waals surface area contributed by atoms with Crippen LogP contribution in [0.3, 0.4) is 0 Å². The third-order valence-corrected chi connectivity index (χ3v) is 5.27. The second-order valence-electron chi connectivity index (χ2n) is 7.49. The number of hydrogen-bond acceptors (Lipinski definition) is 5. The molecule has 4 heterocycles. The van der Waals surface area contributed by atoms with Gasteiger partial charge in [0.05, 0.1) is 18.4 Å². The number of ether oxygens (including phenoxy) is 2. The Balaban J connectivity index is 1.23. The highest BCUT2D eigenvalue weighted by molar-refractivity contribution is 5.12. The van der Waals surface area contributed by atoms with E-state index >= 15 is 0 Å². The summed E-state index contributed by atoms with van der Waals surface area (Å²) in [5, 5.41) is 4.22. The van der Waals surface area contributed by atoms with Gasteiger partial charge in [-0.25, -0.2) is 9.37 Å². The Morgan fingerprint density at radius 1 is 1.42 bits per heavy atom. The molecule has 0 bridgehead atoms. The van der Waals surface area contributed by atoms with E-state index in [2.05, 4.69) is 21.2 Å². The van der Waals surface area contributed by atoms with Crippen LogP contribution >= 0.6 is 0 Å². The van der Waals surface area contributed by atoms with Gasteiger partial charge >= 0.3 is 0 Å². The number of likely N-dealkylation sites (tertiary alicyclic amines) is 1. The summed E-state index contributed by atoms with van der Waals surface area (Å²) in [6.45, 7) is 4.14. The van der Waals surface area contributed by atoms with E-state index in [1.807, 2.05) is 17.9 Å². The molecule has 1 spiro atoms. The average Bonchev–Trinajstić information content (AvgIpc) is 3.01. The van der Waals surface area contributed by atoms with Gasteiger partial charge in [0.25, 0.3) is 0 Å². The number of rotatable bonds is 6. The summed E-state index contributed by atoms with van der Waals surface area (Å²) in [6.07, 6.45) is 8.52. The molecule has 2 aliphatic heterocycles. The van der Waals surface area contributed by atoms with Gasteiger partial charge in [-0.05, 0) is 37.3 Å². The van der Waals surface area contributed by atoms with Crippen LogP contribution in [0.4, 0.5) is 4.39 Å². The molecule has 2 aromatic heterocycles. The molecule has 2 saturated heterocycles. The Hall–Kier alpha value is -1.99. The molecule has 2 aliphatic rings. The minimum absolute atomic E-state index is 0.0125. The van der Waals surface area contributed by atoms with E-state index in [4.69, 9.17) is 9.47 Å². The lowest BCUT2D eigenvalue weighted by atomic mass is 9.79. The molecule has 0 aliphatic carbocycles. The summed E-state index contributed by atoms with van der Waals surface area (Å²) in [7, 11) is 1.94. The lowest BCUT2D eigenvalue weighted by molar-refractivity contribution is -0.182. The number of hydrogen-bond donors (Lipinski definition) is 0. The van der Waals surface area contributed by atoms with Crippen LogP contribution in [0.1, 0.15) is 24.8 Å². The van der Waals surface area contributed by atoms with E-state index in [1.54, 1.807) is 12.3 Å². The van der Waals surface area contributed by atoms with Gasteiger partial charge in [-0.15, -0.1) is 0 Å². The third kappa shape index (κ3) is 3.88. The van der Waals surface area contributed by atoms with Gasteiger partial charge in [0.15, 0.2) is 5.82 Å². The smallest absolute Gasteiger partial charge is 0.250 e. The fourth-order valence-electron chi connectivity index (χ4n) is 4.09. The maximum absolute atomic E-state index is 13.5. The Morgan fingerprint density at radius 2 is 2.31 bits per heavy atom. The zero-order valence-electron chi connectivity index (χ0n) is 15.1. The first-order valence-corrected chi connectivity index (χ1v) is 9.19. The van der Waals surface area contributed by atoms with E-state index < -0.39 is 5.82 Å². The van der Waals surface area contributed by atoms with Crippen LogP contribution in [-0.4, -0.2) is 51.6 Å². The standard InChI is InChI=1S/C19H25FN4O2/c1-23-11-16(10-22-23)12-24-13-19(14-24)9-15(5-8-26-19)4-7-25-18-17(20)3-2-6-21-18/h2-3,6,10-11,15H,4-5,7-9,12-14H2,1H3. The molecule has 0 radical (unpaired) electrons. The van der Waals surface area contributed by atoms with Crippen molar-refractivity contribution in [2.24, 2.45) is 13.0 Å². The number of pyridine rings is 1. The van der Waals surface area contributed by atoms with Crippen molar-refractivity contribution >= 4 is 0 Å². The molecule has 140 valence electrons. The first-order valence-electron chi connectivity index (χ1n) is 9.19. The number of aryl methyl sites for hydroxylation is 1. The molecule has 0 N–H and O–H groups in total. The largest absolute Gasteiger partial charge is 0.476 e. The first-order chi connectivity index (χ1) is 12.6. The Kier molecular flexibility index (Phi) is 4.91. The van der Waals surface area contributed by atoms with Crippen molar-refractivity contribution in [3.8, 4) is 5.88 Å². The number of halogens is 1. The van der Waals surface area contributed by atoms with E-state index in [9.17, 15) is 4.39 Å². The molecular formula is C19H25FN4O2. The normalized spacial score (nSPS) is 22.3. The SMILES string of the molecule is Cn1cc(CN2CC3(CC(CCOc4ncccc4F)CCO3)C2)cn1. The summed E-state index contributed by atoms with van der Waals surface area (Å²) < 4.78 is 27.0. The Morgan fingerprint density at radius 3 is 3.08 bits per heavy atom. The van der Waals surface area contributed by atoms with Crippen molar-refractivity contribution in [1.29, 1.82) is 0 Å². The van der Waals surface area contributed by atoms with Crippen LogP contribution in [0.5, 0.6) is 5.88 Å². The highest BCUT2D eigenvalue weighted by atomic mass is 19.1. The lowest BCUT2D eigenvalue weighted by Crippen LogP contribution is -2.64. The molecule has 7 heteroatoms. The molecule has 2 fully saturated rings. The maximum atomic E-state index is 13.5. The molecule has 1 atom stereocenters. The van der Waals surface area contributed by atoms with E-state index in [-0.39, 0.29) is 11.5 Å². The molecule has 26 heavy (non-hydrogen) atoms. The zero-order valence-corrected chi connectivity index (χ0v) is 15.1. The molecule has 4 rings (SSSR count). The van der Waals surface area contributed by atoms with Gasteiger partial charge in [0.2, 0.25) is 5.88 Å². The molecule has 0 amide bonds. The van der Waals surface area contributed by atoms with Crippen LogP contribution in [0.15, 0.2) is 30.7 Å². The highest BCUT2D eigenvalue weighted by Gasteiger charge is 2.47. The van der Waals surface area contributed by atoms with E-state index in [0.29, 0.717) is 12.5 Å². The van der Waals surface area contributed by atoms with Crippen LogP contribution in [0.25, 0.3) is 0 Å². The summed E-state index contributed by atoms with van der Waals surface area (Å²) in [5.41, 5.74) is 1.22. The Bertz CT molecular complexity index is 745. The van der Waals surface area contributed by atoms with Crippen molar-refractivity contribution in [3.05, 3.63) is 42.1 Å². The van der Waals surface area contributed by atoms with Gasteiger partial charge in [-0.2, -0.15) is 5.10 Å². The number of aromatic nitrogens is 3. The predicted molar refractivity (Wildman–Crippen MR) is 94.2 cm³/mol. The quantitative estimate of drug-likeness (QED) is 0.792. The molecular weight excluding hydrogens is 335 g/mol. The molecule has 2 aromatic rings. The fraction of sp³-hybridized carbons (Fsp3) is 0.579. The van der Waals surface area contributed by atoms with Gasteiger partial charge in [-0.3, -0.25) is 9.58 Å². The predicted octanol–water partition coefficient (Wildman–Crippen LogP) is 2.40. The zero-order chi connectivity index (χ0) is 18.0. The monoisotopic (exact) mass is 360 g/mol. The Labute approximate surface area is 152 Å². The van der Waals surface area contributed by atoms with Crippen molar-refractivity contribution < 1.29 is 13.9 Å². The molecule has 1 unspecified atom stereocenters. The summed E-state index contributed by atoms with van der Waals surface area (Å²) in [4.78, 5) is 6.33. The topological polar surface area (TPSA) is 52.4 Å². The molecule has 0 aromatic carbocycles. The summed E-state index contributed by atoms with van der Waals surface area (Å²) in [6, 6.07) is 2.94. The van der Waals surface area contributed by atoms with Crippen molar-refractivity contribution in [2.75, 3.05) is 26.3 Å². The minimum Gasteiger partial charge on any atom is -0.476 e. The van der Waals surface area contributed by atoms with Crippen LogP contribution in [0.2, 0.25) is 0 Å². The first kappa shape index (κ1) is 17.4. The van der Waals surface area contributed by atoms with Crippen LogP contribution in [0, 0.1) is 11.7 Å². The lowest BCUT2D eigenvalue weighted by Gasteiger charge is -2.53. The third-order valence-electron chi connectivity index (χ3n) is 5.27. The summed E-state index contributed by atoms with van der Waals surface area (Å²) in [5.74, 6) is 0.248. The second kappa shape index (κ2) is 7.32. The van der Waals surface area contributed by atoms with Gasteiger partial charge in [0.1, 0.15) is 0 Å². The van der Waals surface area contributed by atoms with E-state index in [0.717, 1.165) is 45.5 Å². The summed E-state index contributed by atoms with van der Waals surface area (Å²) >= 11 is 0. The second-order valence-corrected chi connectivity index (χ2v) is 7.49. The molecule has 0 saturated carbocycles. The van der Waals surface area contributed by atoms with Crippen LogP contribution in [-0.2, 0) is 18.3 Å². The average molecular weight is 360 g/mol. The van der Waals surface area contributed by atoms with E-state index in [1.165, 1.54) is 11.6 Å².